The van der Waals surface area contributed by atoms with Crippen molar-refractivity contribution in [3.8, 4) is 6.07 Å². The Morgan fingerprint density at radius 2 is 2.00 bits per heavy atom. The second-order valence-corrected chi connectivity index (χ2v) is 5.19. The lowest BCUT2D eigenvalue weighted by atomic mass is 9.86. The summed E-state index contributed by atoms with van der Waals surface area (Å²) in [4.78, 5) is 2.53. The minimum Gasteiger partial charge on any atom is -0.298 e. The van der Waals surface area contributed by atoms with E-state index in [-0.39, 0.29) is 0 Å². The topological polar surface area (TPSA) is 27.0 Å². The molecule has 0 radical (unpaired) electrons. The SMILES string of the molecule is CC(C)C1CN(C2CCCC2C#N)C1. The van der Waals surface area contributed by atoms with Crippen molar-refractivity contribution in [2.24, 2.45) is 17.8 Å². The molecule has 2 rings (SSSR count). The van der Waals surface area contributed by atoms with Crippen molar-refractivity contribution in [1.82, 2.24) is 4.90 Å². The van der Waals surface area contributed by atoms with E-state index in [9.17, 15) is 0 Å². The van der Waals surface area contributed by atoms with E-state index in [0.29, 0.717) is 12.0 Å². The Balaban J connectivity index is 1.84. The highest BCUT2D eigenvalue weighted by Gasteiger charge is 2.39. The maximum atomic E-state index is 9.00. The molecule has 0 N–H and O–H groups in total. The largest absolute Gasteiger partial charge is 0.298 e. The third kappa shape index (κ3) is 1.66. The quantitative estimate of drug-likeness (QED) is 0.671. The number of nitriles is 1. The van der Waals surface area contributed by atoms with Crippen LogP contribution in [0.2, 0.25) is 0 Å². The van der Waals surface area contributed by atoms with E-state index in [1.54, 1.807) is 0 Å². The molecule has 0 aromatic rings. The first kappa shape index (κ1) is 9.98. The molecule has 1 heterocycles. The van der Waals surface area contributed by atoms with Gasteiger partial charge in [0.15, 0.2) is 0 Å². The third-order valence-electron chi connectivity index (χ3n) is 4.00. The summed E-state index contributed by atoms with van der Waals surface area (Å²) in [6.07, 6.45) is 3.64. The molecule has 1 saturated carbocycles. The number of nitrogens with zero attached hydrogens (tertiary/aromatic N) is 2. The lowest BCUT2D eigenvalue weighted by Crippen LogP contribution is -2.54. The highest BCUT2D eigenvalue weighted by molar-refractivity contribution is 5.00. The van der Waals surface area contributed by atoms with Gasteiger partial charge in [-0.15, -0.1) is 0 Å². The maximum Gasteiger partial charge on any atom is 0.0672 e. The second-order valence-electron chi connectivity index (χ2n) is 5.19. The van der Waals surface area contributed by atoms with Crippen LogP contribution in [-0.2, 0) is 0 Å². The van der Waals surface area contributed by atoms with Crippen molar-refractivity contribution in [3.05, 3.63) is 0 Å². The van der Waals surface area contributed by atoms with Crippen LogP contribution in [-0.4, -0.2) is 24.0 Å². The van der Waals surface area contributed by atoms with Gasteiger partial charge in [-0.3, -0.25) is 4.90 Å². The second kappa shape index (κ2) is 3.90. The lowest BCUT2D eigenvalue weighted by molar-refractivity contribution is 0.0208. The number of rotatable bonds is 2. The summed E-state index contributed by atoms with van der Waals surface area (Å²) in [5.74, 6) is 2.02. The van der Waals surface area contributed by atoms with Crippen molar-refractivity contribution in [3.63, 3.8) is 0 Å². The molecular formula is C12H20N2. The van der Waals surface area contributed by atoms with E-state index in [2.05, 4.69) is 24.8 Å². The van der Waals surface area contributed by atoms with Crippen molar-refractivity contribution in [2.45, 2.75) is 39.2 Å². The number of hydrogen-bond acceptors (Lipinski definition) is 2. The molecule has 2 aliphatic rings. The zero-order valence-corrected chi connectivity index (χ0v) is 9.24. The van der Waals surface area contributed by atoms with E-state index < -0.39 is 0 Å². The van der Waals surface area contributed by atoms with Gasteiger partial charge in [0.2, 0.25) is 0 Å². The van der Waals surface area contributed by atoms with E-state index in [4.69, 9.17) is 5.26 Å². The van der Waals surface area contributed by atoms with Gasteiger partial charge in [0.25, 0.3) is 0 Å². The molecular weight excluding hydrogens is 172 g/mol. The van der Waals surface area contributed by atoms with Crippen LogP contribution in [0.1, 0.15) is 33.1 Å². The molecule has 2 fully saturated rings. The van der Waals surface area contributed by atoms with Crippen LogP contribution in [0.5, 0.6) is 0 Å². The Morgan fingerprint density at radius 3 is 2.57 bits per heavy atom. The molecule has 14 heavy (non-hydrogen) atoms. The van der Waals surface area contributed by atoms with Crippen LogP contribution in [0.15, 0.2) is 0 Å². The minimum atomic E-state index is 0.322. The fourth-order valence-corrected chi connectivity index (χ4v) is 2.77. The summed E-state index contributed by atoms with van der Waals surface area (Å²) in [5.41, 5.74) is 0. The Labute approximate surface area is 86.9 Å². The van der Waals surface area contributed by atoms with Crippen molar-refractivity contribution < 1.29 is 0 Å². The van der Waals surface area contributed by atoms with E-state index in [0.717, 1.165) is 18.3 Å². The van der Waals surface area contributed by atoms with Crippen LogP contribution in [0.4, 0.5) is 0 Å². The van der Waals surface area contributed by atoms with Gasteiger partial charge >= 0.3 is 0 Å². The predicted octanol–water partition coefficient (Wildman–Crippen LogP) is 2.27. The van der Waals surface area contributed by atoms with Gasteiger partial charge in [-0.1, -0.05) is 20.3 Å². The average molecular weight is 192 g/mol. The smallest absolute Gasteiger partial charge is 0.0672 e. The summed E-state index contributed by atoms with van der Waals surface area (Å²) in [6, 6.07) is 3.06. The molecule has 2 atom stereocenters. The predicted molar refractivity (Wildman–Crippen MR) is 56.6 cm³/mol. The average Bonchev–Trinajstić information content (AvgIpc) is 2.48. The molecule has 2 heteroatoms. The number of hydrogen-bond donors (Lipinski definition) is 0. The summed E-state index contributed by atoms with van der Waals surface area (Å²) < 4.78 is 0. The molecule has 0 amide bonds. The fourth-order valence-electron chi connectivity index (χ4n) is 2.77. The van der Waals surface area contributed by atoms with Crippen molar-refractivity contribution >= 4 is 0 Å². The van der Waals surface area contributed by atoms with Crippen molar-refractivity contribution in [1.29, 1.82) is 5.26 Å². The third-order valence-corrected chi connectivity index (χ3v) is 4.00. The Hall–Kier alpha value is -0.550. The monoisotopic (exact) mass is 192 g/mol. The van der Waals surface area contributed by atoms with Crippen LogP contribution >= 0.6 is 0 Å². The molecule has 0 aromatic carbocycles. The summed E-state index contributed by atoms with van der Waals surface area (Å²) in [7, 11) is 0. The van der Waals surface area contributed by atoms with Crippen LogP contribution < -0.4 is 0 Å². The summed E-state index contributed by atoms with van der Waals surface area (Å²) in [5, 5.41) is 9.00. The first-order valence-electron chi connectivity index (χ1n) is 5.86. The minimum absolute atomic E-state index is 0.322. The normalized spacial score (nSPS) is 34.4. The molecule has 0 spiro atoms. The van der Waals surface area contributed by atoms with Gasteiger partial charge in [0, 0.05) is 19.1 Å². The molecule has 2 unspecified atom stereocenters. The first-order valence-corrected chi connectivity index (χ1v) is 5.86. The van der Waals surface area contributed by atoms with Gasteiger partial charge in [0.05, 0.1) is 12.0 Å². The maximum absolute atomic E-state index is 9.00. The van der Waals surface area contributed by atoms with Crippen LogP contribution in [0.3, 0.4) is 0 Å². The Morgan fingerprint density at radius 1 is 1.29 bits per heavy atom. The number of likely N-dealkylation sites (tertiary alicyclic amines) is 1. The zero-order chi connectivity index (χ0) is 10.1. The van der Waals surface area contributed by atoms with Gasteiger partial charge in [0.1, 0.15) is 0 Å². The Bertz CT molecular complexity index is 235. The van der Waals surface area contributed by atoms with Gasteiger partial charge in [-0.05, 0) is 24.7 Å². The molecule has 1 saturated heterocycles. The molecule has 78 valence electrons. The fraction of sp³-hybridized carbons (Fsp3) is 0.917. The molecule has 0 bridgehead atoms. The lowest BCUT2D eigenvalue weighted by Gasteiger charge is -2.46. The Kier molecular flexibility index (Phi) is 2.78. The van der Waals surface area contributed by atoms with Crippen molar-refractivity contribution in [2.75, 3.05) is 13.1 Å². The zero-order valence-electron chi connectivity index (χ0n) is 9.24. The molecule has 1 aliphatic heterocycles. The molecule has 2 nitrogen and oxygen atoms in total. The molecule has 1 aliphatic carbocycles. The molecule has 0 aromatic heterocycles. The van der Waals surface area contributed by atoms with Crippen LogP contribution in [0.25, 0.3) is 0 Å². The van der Waals surface area contributed by atoms with Crippen LogP contribution in [0, 0.1) is 29.1 Å². The highest BCUT2D eigenvalue weighted by Crippen LogP contribution is 2.35. The van der Waals surface area contributed by atoms with E-state index in [1.165, 1.54) is 25.9 Å². The summed E-state index contributed by atoms with van der Waals surface area (Å²) >= 11 is 0. The standard InChI is InChI=1S/C12H20N2/c1-9(2)11-7-14(8-11)12-5-3-4-10(12)6-13/h9-12H,3-5,7-8H2,1-2H3. The summed E-state index contributed by atoms with van der Waals surface area (Å²) in [6.45, 7) is 7.08. The van der Waals surface area contributed by atoms with E-state index >= 15 is 0 Å². The highest BCUT2D eigenvalue weighted by atomic mass is 15.2. The van der Waals surface area contributed by atoms with Gasteiger partial charge in [-0.25, -0.2) is 0 Å². The van der Waals surface area contributed by atoms with Gasteiger partial charge in [-0.2, -0.15) is 5.26 Å². The van der Waals surface area contributed by atoms with Gasteiger partial charge < -0.3 is 0 Å². The first-order chi connectivity index (χ1) is 6.72. The van der Waals surface area contributed by atoms with E-state index in [1.807, 2.05) is 0 Å².